The van der Waals surface area contributed by atoms with E-state index < -0.39 is 0 Å². The first-order valence-corrected chi connectivity index (χ1v) is 4.38. The summed E-state index contributed by atoms with van der Waals surface area (Å²) in [4.78, 5) is 21.9. The third-order valence-corrected chi connectivity index (χ3v) is 3.15. The zero-order chi connectivity index (χ0) is 8.72. The van der Waals surface area contributed by atoms with E-state index >= 15 is 0 Å². The molecule has 0 saturated heterocycles. The molecule has 1 fully saturated rings. The molecular weight excluding hydrogens is 152 g/mol. The van der Waals surface area contributed by atoms with Crippen molar-refractivity contribution in [2.24, 2.45) is 23.7 Å². The lowest BCUT2D eigenvalue weighted by Gasteiger charge is -2.20. The van der Waals surface area contributed by atoms with E-state index in [1.165, 1.54) is 0 Å². The Morgan fingerprint density at radius 1 is 1.42 bits per heavy atom. The quantitative estimate of drug-likeness (QED) is 0.454. The minimum absolute atomic E-state index is 0.0162. The van der Waals surface area contributed by atoms with Gasteiger partial charge in [0.25, 0.3) is 0 Å². The fourth-order valence-electron chi connectivity index (χ4n) is 2.62. The lowest BCUT2D eigenvalue weighted by atomic mass is 9.82. The van der Waals surface area contributed by atoms with Crippen molar-refractivity contribution in [2.45, 2.75) is 13.3 Å². The molecule has 0 aromatic rings. The van der Waals surface area contributed by atoms with Crippen molar-refractivity contribution < 1.29 is 9.59 Å². The second-order valence-electron chi connectivity index (χ2n) is 3.80. The molecule has 2 nitrogen and oxygen atoms in total. The van der Waals surface area contributed by atoms with Crippen LogP contribution in [-0.2, 0) is 9.59 Å². The number of Topliss-reactive ketones (excluding diaryl/α,β-unsaturated/α-hetero) is 1. The molecule has 0 aromatic carbocycles. The highest BCUT2D eigenvalue weighted by atomic mass is 16.1. The lowest BCUT2D eigenvalue weighted by molar-refractivity contribution is -0.126. The first-order chi connectivity index (χ1) is 5.74. The van der Waals surface area contributed by atoms with Crippen molar-refractivity contribution in [2.75, 3.05) is 0 Å². The topological polar surface area (TPSA) is 34.1 Å². The van der Waals surface area contributed by atoms with Crippen molar-refractivity contribution >= 4 is 12.1 Å². The summed E-state index contributed by atoms with van der Waals surface area (Å²) in [6.45, 7) is 1.59. The monoisotopic (exact) mass is 164 g/mol. The molecule has 2 unspecified atom stereocenters. The molecule has 0 radical (unpaired) electrons. The molecule has 0 heterocycles. The van der Waals surface area contributed by atoms with Crippen molar-refractivity contribution in [3.8, 4) is 0 Å². The van der Waals surface area contributed by atoms with E-state index in [1.54, 1.807) is 6.92 Å². The van der Waals surface area contributed by atoms with Gasteiger partial charge in [0, 0.05) is 11.8 Å². The number of carbonyl (C=O) groups excluding carboxylic acids is 2. The van der Waals surface area contributed by atoms with Gasteiger partial charge >= 0.3 is 0 Å². The van der Waals surface area contributed by atoms with E-state index in [0.29, 0.717) is 11.8 Å². The van der Waals surface area contributed by atoms with Crippen LogP contribution >= 0.6 is 0 Å². The van der Waals surface area contributed by atoms with Gasteiger partial charge in [-0.15, -0.1) is 0 Å². The fourth-order valence-corrected chi connectivity index (χ4v) is 2.62. The molecular formula is C10H12O2. The van der Waals surface area contributed by atoms with Gasteiger partial charge in [0.2, 0.25) is 0 Å². The Balaban J connectivity index is 2.28. The van der Waals surface area contributed by atoms with Crippen LogP contribution in [-0.4, -0.2) is 12.1 Å². The summed E-state index contributed by atoms with van der Waals surface area (Å²) < 4.78 is 0. The molecule has 4 atom stereocenters. The van der Waals surface area contributed by atoms with Gasteiger partial charge < -0.3 is 4.79 Å². The van der Waals surface area contributed by atoms with Gasteiger partial charge in [0.05, 0.1) is 0 Å². The third-order valence-electron chi connectivity index (χ3n) is 3.15. The molecule has 0 amide bonds. The standard InChI is InChI=1S/C10H12O2/c1-6(12)10-8-3-2-7(4-8)9(10)5-11/h2-3,5,7-10H,4H2,1H3/t7-,8+,9?,10?/m0/s1. The predicted molar refractivity (Wildman–Crippen MR) is 44.5 cm³/mol. The number of ketones is 1. The molecule has 0 aliphatic heterocycles. The van der Waals surface area contributed by atoms with E-state index in [2.05, 4.69) is 12.2 Å². The van der Waals surface area contributed by atoms with Crippen LogP contribution in [0.2, 0.25) is 0 Å². The first-order valence-electron chi connectivity index (χ1n) is 4.38. The zero-order valence-corrected chi connectivity index (χ0v) is 7.07. The molecule has 64 valence electrons. The predicted octanol–water partition coefficient (Wildman–Crippen LogP) is 1.21. The molecule has 0 spiro atoms. The Morgan fingerprint density at radius 3 is 2.58 bits per heavy atom. The number of hydrogen-bond donors (Lipinski definition) is 0. The molecule has 0 N–H and O–H groups in total. The Kier molecular flexibility index (Phi) is 1.63. The zero-order valence-electron chi connectivity index (χ0n) is 7.07. The van der Waals surface area contributed by atoms with Crippen molar-refractivity contribution in [1.82, 2.24) is 0 Å². The van der Waals surface area contributed by atoms with Gasteiger partial charge in [-0.1, -0.05) is 12.2 Å². The van der Waals surface area contributed by atoms with Crippen molar-refractivity contribution in [3.05, 3.63) is 12.2 Å². The Morgan fingerprint density at radius 2 is 2.08 bits per heavy atom. The van der Waals surface area contributed by atoms with Gasteiger partial charge in [-0.2, -0.15) is 0 Å². The maximum absolute atomic E-state index is 11.2. The Labute approximate surface area is 71.6 Å². The Hall–Kier alpha value is -0.920. The average molecular weight is 164 g/mol. The summed E-state index contributed by atoms with van der Waals surface area (Å²) in [6.07, 6.45) is 6.15. The maximum Gasteiger partial charge on any atom is 0.134 e. The third kappa shape index (κ3) is 0.872. The molecule has 12 heavy (non-hydrogen) atoms. The second-order valence-corrected chi connectivity index (χ2v) is 3.80. The molecule has 2 rings (SSSR count). The van der Waals surface area contributed by atoms with Gasteiger partial charge in [0.15, 0.2) is 0 Å². The highest BCUT2D eigenvalue weighted by Crippen LogP contribution is 2.47. The van der Waals surface area contributed by atoms with Crippen LogP contribution in [0, 0.1) is 23.7 Å². The van der Waals surface area contributed by atoms with Crippen LogP contribution in [0.3, 0.4) is 0 Å². The molecule has 0 aromatic heterocycles. The van der Waals surface area contributed by atoms with Crippen LogP contribution in [0.25, 0.3) is 0 Å². The van der Waals surface area contributed by atoms with E-state index in [0.717, 1.165) is 12.7 Å². The van der Waals surface area contributed by atoms with Crippen LogP contribution < -0.4 is 0 Å². The summed E-state index contributed by atoms with van der Waals surface area (Å²) >= 11 is 0. The summed E-state index contributed by atoms with van der Waals surface area (Å²) in [5.41, 5.74) is 0. The molecule has 2 aliphatic rings. The van der Waals surface area contributed by atoms with Gasteiger partial charge in [-0.05, 0) is 25.2 Å². The summed E-state index contributed by atoms with van der Waals surface area (Å²) in [5, 5.41) is 0. The highest BCUT2D eigenvalue weighted by molar-refractivity contribution is 5.83. The lowest BCUT2D eigenvalue weighted by Crippen LogP contribution is -2.26. The molecule has 2 aliphatic carbocycles. The molecule has 1 saturated carbocycles. The van der Waals surface area contributed by atoms with E-state index in [9.17, 15) is 9.59 Å². The molecule has 2 heteroatoms. The van der Waals surface area contributed by atoms with Gasteiger partial charge in [0.1, 0.15) is 12.1 Å². The van der Waals surface area contributed by atoms with Crippen LogP contribution in [0.15, 0.2) is 12.2 Å². The van der Waals surface area contributed by atoms with Gasteiger partial charge in [-0.3, -0.25) is 4.79 Å². The second kappa shape index (κ2) is 2.54. The van der Waals surface area contributed by atoms with Crippen LogP contribution in [0.5, 0.6) is 0 Å². The number of fused-ring (bicyclic) bond motifs is 2. The largest absolute Gasteiger partial charge is 0.303 e. The Bertz CT molecular complexity index is 255. The van der Waals surface area contributed by atoms with Crippen LogP contribution in [0.4, 0.5) is 0 Å². The highest BCUT2D eigenvalue weighted by Gasteiger charge is 2.46. The minimum Gasteiger partial charge on any atom is -0.303 e. The van der Waals surface area contributed by atoms with E-state index in [1.807, 2.05) is 0 Å². The number of rotatable bonds is 2. The average Bonchev–Trinajstić information content (AvgIpc) is 2.60. The summed E-state index contributed by atoms with van der Waals surface area (Å²) in [6, 6.07) is 0. The maximum atomic E-state index is 11.2. The van der Waals surface area contributed by atoms with E-state index in [4.69, 9.17) is 0 Å². The SMILES string of the molecule is CC(=O)C1C(C=O)[C@H]2C=C[C@@H]1C2. The summed E-state index contributed by atoms with van der Waals surface area (Å²) in [5.74, 6) is 0.822. The van der Waals surface area contributed by atoms with E-state index in [-0.39, 0.29) is 17.6 Å². The summed E-state index contributed by atoms with van der Waals surface area (Å²) in [7, 11) is 0. The number of aldehydes is 1. The van der Waals surface area contributed by atoms with Gasteiger partial charge in [-0.25, -0.2) is 0 Å². The van der Waals surface area contributed by atoms with Crippen LogP contribution in [0.1, 0.15) is 13.3 Å². The number of allylic oxidation sites excluding steroid dienone is 2. The minimum atomic E-state index is -0.0301. The number of carbonyl (C=O) groups is 2. The normalized spacial score (nSPS) is 43.4. The number of hydrogen-bond acceptors (Lipinski definition) is 2. The van der Waals surface area contributed by atoms with Crippen molar-refractivity contribution in [1.29, 1.82) is 0 Å². The molecule has 2 bridgehead atoms. The smallest absolute Gasteiger partial charge is 0.134 e. The van der Waals surface area contributed by atoms with Crippen molar-refractivity contribution in [3.63, 3.8) is 0 Å². The fraction of sp³-hybridized carbons (Fsp3) is 0.600. The first kappa shape index (κ1) is 7.71.